The summed E-state index contributed by atoms with van der Waals surface area (Å²) in [6.45, 7) is 1.03. The minimum atomic E-state index is -1.52. The molecule has 0 saturated carbocycles. The molecule has 0 aliphatic carbocycles. The fourth-order valence-electron chi connectivity index (χ4n) is 3.21. The highest BCUT2D eigenvalue weighted by atomic mass is 16.5. The molecule has 0 aromatic carbocycles. The highest BCUT2D eigenvalue weighted by Crippen LogP contribution is 2.30. The Labute approximate surface area is 134 Å². The Morgan fingerprint density at radius 3 is 2.91 bits per heavy atom. The number of pyridine rings is 1. The number of nitrogens with zero attached hydrogens (tertiary/aromatic N) is 2. The van der Waals surface area contributed by atoms with E-state index in [9.17, 15) is 20.1 Å². The predicted octanol–water partition coefficient (Wildman–Crippen LogP) is -1.37. The van der Waals surface area contributed by atoms with Crippen LogP contribution in [0.2, 0.25) is 0 Å². The maximum absolute atomic E-state index is 11.0. The summed E-state index contributed by atoms with van der Waals surface area (Å²) < 4.78 is 6.89. The molecule has 7 nitrogen and oxygen atoms in total. The van der Waals surface area contributed by atoms with Gasteiger partial charge in [0.05, 0.1) is 0 Å². The molecular formula is C16H20N2O5. The number of hydrogen-bond donors (Lipinski definition) is 2. The van der Waals surface area contributed by atoms with E-state index in [-0.39, 0.29) is 6.04 Å². The lowest BCUT2D eigenvalue weighted by molar-refractivity contribution is -0.769. The van der Waals surface area contributed by atoms with Crippen LogP contribution in [0.25, 0.3) is 0 Å². The smallest absolute Gasteiger partial charge is 0.331 e. The molecule has 1 aromatic heterocycles. The van der Waals surface area contributed by atoms with Gasteiger partial charge in [-0.3, -0.25) is 4.90 Å². The first kappa shape index (κ1) is 15.9. The third-order valence-electron chi connectivity index (χ3n) is 4.46. The summed E-state index contributed by atoms with van der Waals surface area (Å²) >= 11 is 0. The van der Waals surface area contributed by atoms with Crippen LogP contribution in [0.5, 0.6) is 0 Å². The molecule has 2 N–H and O–H groups in total. The van der Waals surface area contributed by atoms with Gasteiger partial charge < -0.3 is 24.9 Å². The average Bonchev–Trinajstić information content (AvgIpc) is 2.96. The lowest BCUT2D eigenvalue weighted by Gasteiger charge is -2.28. The molecular weight excluding hydrogens is 300 g/mol. The van der Waals surface area contributed by atoms with E-state index in [0.717, 1.165) is 31.0 Å². The van der Waals surface area contributed by atoms with Crippen LogP contribution >= 0.6 is 0 Å². The van der Waals surface area contributed by atoms with Crippen molar-refractivity contribution in [2.24, 2.45) is 0 Å². The second kappa shape index (κ2) is 6.27. The van der Waals surface area contributed by atoms with Crippen molar-refractivity contribution in [1.29, 1.82) is 0 Å². The summed E-state index contributed by atoms with van der Waals surface area (Å²) in [5.41, 5.74) is 1.06. The summed E-state index contributed by atoms with van der Waals surface area (Å²) in [4.78, 5) is 13.2. The Hall–Kier alpha value is -1.96. The summed E-state index contributed by atoms with van der Waals surface area (Å²) in [7, 11) is 2.06. The number of carbonyl (C=O) groups is 1. The highest BCUT2D eigenvalue weighted by molar-refractivity contribution is 5.82. The zero-order chi connectivity index (χ0) is 16.6. The molecule has 1 fully saturated rings. The molecule has 0 spiro atoms. The largest absolute Gasteiger partial charge is 0.542 e. The van der Waals surface area contributed by atoms with Gasteiger partial charge in [0.1, 0.15) is 17.8 Å². The number of ether oxygens (including phenoxy) is 1. The van der Waals surface area contributed by atoms with Gasteiger partial charge in [-0.05, 0) is 38.6 Å². The minimum Gasteiger partial charge on any atom is -0.542 e. The molecule has 124 valence electrons. The number of aromatic nitrogens is 1. The van der Waals surface area contributed by atoms with Crippen LogP contribution in [0.3, 0.4) is 0 Å². The number of aliphatic hydroxyl groups is 2. The molecule has 0 unspecified atom stereocenters. The number of carboxylic acids is 1. The topological polar surface area (TPSA) is 96.9 Å². The van der Waals surface area contributed by atoms with Crippen molar-refractivity contribution >= 4 is 5.97 Å². The summed E-state index contributed by atoms with van der Waals surface area (Å²) in [5, 5.41) is 31.0. The Balaban J connectivity index is 1.89. The van der Waals surface area contributed by atoms with Gasteiger partial charge in [-0.15, -0.1) is 0 Å². The molecule has 3 rings (SSSR count). The van der Waals surface area contributed by atoms with Crippen LogP contribution in [-0.4, -0.2) is 46.9 Å². The Morgan fingerprint density at radius 2 is 2.26 bits per heavy atom. The van der Waals surface area contributed by atoms with Crippen molar-refractivity contribution in [3.05, 3.63) is 41.9 Å². The van der Waals surface area contributed by atoms with Gasteiger partial charge >= 0.3 is 6.23 Å². The quantitative estimate of drug-likeness (QED) is 0.667. The average molecular weight is 320 g/mol. The van der Waals surface area contributed by atoms with Crippen molar-refractivity contribution in [2.75, 3.05) is 13.6 Å². The first-order valence-corrected chi connectivity index (χ1v) is 7.64. The number of rotatable bonds is 3. The fourth-order valence-corrected chi connectivity index (χ4v) is 3.21. The van der Waals surface area contributed by atoms with Crippen LogP contribution in [-0.2, 0) is 9.53 Å². The monoisotopic (exact) mass is 320 g/mol. The molecule has 2 aliphatic heterocycles. The molecule has 0 bridgehead atoms. The van der Waals surface area contributed by atoms with Crippen LogP contribution in [0.1, 0.15) is 30.7 Å². The number of aliphatic carboxylic acids is 1. The number of likely N-dealkylation sites (tertiary alicyclic amines) is 1. The van der Waals surface area contributed by atoms with Crippen molar-refractivity contribution < 1.29 is 29.4 Å². The van der Waals surface area contributed by atoms with Crippen LogP contribution in [0, 0.1) is 0 Å². The van der Waals surface area contributed by atoms with E-state index in [4.69, 9.17) is 4.74 Å². The zero-order valence-corrected chi connectivity index (χ0v) is 12.8. The summed E-state index contributed by atoms with van der Waals surface area (Å²) in [5.74, 6) is -1.99. The second-order valence-corrected chi connectivity index (χ2v) is 6.03. The third kappa shape index (κ3) is 3.08. The number of carbonyl (C=O) groups excluding carboxylic acids is 1. The molecule has 3 heterocycles. The molecule has 1 saturated heterocycles. The van der Waals surface area contributed by atoms with E-state index in [1.807, 2.05) is 18.3 Å². The molecule has 2 aliphatic rings. The van der Waals surface area contributed by atoms with Gasteiger partial charge in [0.25, 0.3) is 0 Å². The number of carboxylic acid groups (broad SMARTS) is 1. The van der Waals surface area contributed by atoms with E-state index in [0.29, 0.717) is 0 Å². The van der Waals surface area contributed by atoms with Crippen LogP contribution in [0.4, 0.5) is 0 Å². The van der Waals surface area contributed by atoms with E-state index in [1.165, 1.54) is 0 Å². The Kier molecular flexibility index (Phi) is 4.34. The standard InChI is InChI=1S/C16H20N2O5/c1-17-6-3-5-11(17)10-4-2-7-18(9-10)15-14(20)12(19)8-13(23-15)16(21)22/h2,4,7-9,11-12,14-15,19-20H,3,5-6H2,1H3/t11-,12+,14-,15-/m1/s1. The van der Waals surface area contributed by atoms with Gasteiger partial charge in [-0.25, -0.2) is 0 Å². The summed E-state index contributed by atoms with van der Waals surface area (Å²) in [6, 6.07) is 4.09. The van der Waals surface area contributed by atoms with Gasteiger partial charge in [0, 0.05) is 17.7 Å². The Bertz CT molecular complexity index is 633. The van der Waals surface area contributed by atoms with Crippen molar-refractivity contribution in [3.8, 4) is 0 Å². The van der Waals surface area contributed by atoms with Gasteiger partial charge in [-0.2, -0.15) is 4.57 Å². The maximum Gasteiger partial charge on any atom is 0.331 e. The molecule has 0 amide bonds. The molecule has 0 radical (unpaired) electrons. The van der Waals surface area contributed by atoms with E-state index >= 15 is 0 Å². The molecule has 7 heteroatoms. The lowest BCUT2D eigenvalue weighted by atomic mass is 10.1. The second-order valence-electron chi connectivity index (χ2n) is 6.03. The fraction of sp³-hybridized carbons (Fsp3) is 0.500. The van der Waals surface area contributed by atoms with E-state index in [2.05, 4.69) is 11.9 Å². The predicted molar refractivity (Wildman–Crippen MR) is 76.5 cm³/mol. The van der Waals surface area contributed by atoms with Crippen molar-refractivity contribution in [3.63, 3.8) is 0 Å². The highest BCUT2D eigenvalue weighted by Gasteiger charge is 2.40. The van der Waals surface area contributed by atoms with Crippen molar-refractivity contribution in [2.45, 2.75) is 37.3 Å². The molecule has 1 aromatic rings. The van der Waals surface area contributed by atoms with E-state index < -0.39 is 30.2 Å². The van der Waals surface area contributed by atoms with Crippen LogP contribution in [0.15, 0.2) is 36.4 Å². The van der Waals surface area contributed by atoms with Crippen LogP contribution < -0.4 is 9.67 Å². The Morgan fingerprint density at radius 1 is 1.48 bits per heavy atom. The maximum atomic E-state index is 11.0. The normalized spacial score (nSPS) is 31.5. The van der Waals surface area contributed by atoms with Gasteiger partial charge in [0.15, 0.2) is 18.5 Å². The third-order valence-corrected chi connectivity index (χ3v) is 4.46. The first-order valence-electron chi connectivity index (χ1n) is 7.64. The SMILES string of the molecule is CN1CCC[C@@H]1c1ccc[n+]([C@@H]2OC(C(=O)[O-])=C[C@H](O)[C@H]2O)c1. The van der Waals surface area contributed by atoms with Crippen molar-refractivity contribution in [1.82, 2.24) is 4.90 Å². The first-order chi connectivity index (χ1) is 11.0. The lowest BCUT2D eigenvalue weighted by Crippen LogP contribution is -2.53. The molecule has 23 heavy (non-hydrogen) atoms. The van der Waals surface area contributed by atoms with Gasteiger partial charge in [-0.1, -0.05) is 0 Å². The molecule has 4 atom stereocenters. The van der Waals surface area contributed by atoms with Gasteiger partial charge in [0.2, 0.25) is 0 Å². The number of aliphatic hydroxyl groups excluding tert-OH is 2. The number of hydrogen-bond acceptors (Lipinski definition) is 6. The minimum absolute atomic E-state index is 0.282. The zero-order valence-electron chi connectivity index (χ0n) is 12.8. The van der Waals surface area contributed by atoms with E-state index in [1.54, 1.807) is 10.8 Å². The summed E-state index contributed by atoms with van der Waals surface area (Å²) in [6.07, 6.45) is 3.01.